The Balaban J connectivity index is 2.57. The lowest BCUT2D eigenvalue weighted by Gasteiger charge is -2.23. The van der Waals surface area contributed by atoms with E-state index in [2.05, 4.69) is 0 Å². The predicted octanol–water partition coefficient (Wildman–Crippen LogP) is 2.13. The standard InChI is InChI=1S/C12H11ClFNO4S/c13-8-6-9(12(16)17)11(14)10(7-8)20(18,19)15-4-2-1-3-5-15/h1-2,6-7H,3-5H2,(H,16,17). The number of benzene rings is 1. The molecule has 0 fully saturated rings. The van der Waals surface area contributed by atoms with Gasteiger partial charge in [0.25, 0.3) is 0 Å². The van der Waals surface area contributed by atoms with Gasteiger partial charge < -0.3 is 5.11 Å². The highest BCUT2D eigenvalue weighted by Gasteiger charge is 2.30. The Morgan fingerprint density at radius 3 is 2.60 bits per heavy atom. The molecule has 1 heterocycles. The van der Waals surface area contributed by atoms with Gasteiger partial charge >= 0.3 is 5.97 Å². The first-order valence-corrected chi connectivity index (χ1v) is 7.53. The van der Waals surface area contributed by atoms with Crippen molar-refractivity contribution in [2.24, 2.45) is 0 Å². The van der Waals surface area contributed by atoms with Crippen molar-refractivity contribution in [3.8, 4) is 0 Å². The van der Waals surface area contributed by atoms with Crippen molar-refractivity contribution in [2.45, 2.75) is 11.3 Å². The first kappa shape index (κ1) is 15.0. The molecule has 0 spiro atoms. The number of halogens is 2. The highest BCUT2D eigenvalue weighted by atomic mass is 35.5. The molecule has 0 unspecified atom stereocenters. The van der Waals surface area contributed by atoms with Gasteiger partial charge in [0, 0.05) is 18.1 Å². The molecular weight excluding hydrogens is 309 g/mol. The van der Waals surface area contributed by atoms with Crippen LogP contribution in [0.25, 0.3) is 0 Å². The van der Waals surface area contributed by atoms with Crippen molar-refractivity contribution in [1.82, 2.24) is 4.31 Å². The molecule has 0 amide bonds. The number of carboxylic acid groups (broad SMARTS) is 1. The molecule has 0 bridgehead atoms. The molecule has 1 aliphatic heterocycles. The van der Waals surface area contributed by atoms with Crippen LogP contribution in [0, 0.1) is 5.82 Å². The fourth-order valence-corrected chi connectivity index (χ4v) is 3.69. The Bertz CT molecular complexity index is 687. The summed E-state index contributed by atoms with van der Waals surface area (Å²) in [5.74, 6) is -2.86. The average Bonchev–Trinajstić information content (AvgIpc) is 2.41. The first-order valence-electron chi connectivity index (χ1n) is 5.71. The van der Waals surface area contributed by atoms with Crippen LogP contribution in [0.4, 0.5) is 4.39 Å². The number of carboxylic acids is 1. The fourth-order valence-electron chi connectivity index (χ4n) is 1.88. The second-order valence-electron chi connectivity index (χ2n) is 4.19. The van der Waals surface area contributed by atoms with Gasteiger partial charge in [-0.2, -0.15) is 4.31 Å². The molecule has 0 saturated heterocycles. The Morgan fingerprint density at radius 1 is 1.35 bits per heavy atom. The highest BCUT2D eigenvalue weighted by molar-refractivity contribution is 7.89. The number of hydrogen-bond donors (Lipinski definition) is 1. The molecular formula is C12H11ClFNO4S. The number of sulfonamides is 1. The molecule has 20 heavy (non-hydrogen) atoms. The van der Waals surface area contributed by atoms with Crippen molar-refractivity contribution in [2.75, 3.05) is 13.1 Å². The minimum Gasteiger partial charge on any atom is -0.478 e. The zero-order valence-electron chi connectivity index (χ0n) is 10.2. The summed E-state index contributed by atoms with van der Waals surface area (Å²) in [6.07, 6.45) is 4.00. The maximum absolute atomic E-state index is 14.1. The third kappa shape index (κ3) is 2.70. The summed E-state index contributed by atoms with van der Waals surface area (Å²) in [6.45, 7) is 0.337. The number of nitrogens with zero attached hydrogens (tertiary/aromatic N) is 1. The monoisotopic (exact) mass is 319 g/mol. The van der Waals surface area contributed by atoms with Crippen LogP contribution < -0.4 is 0 Å². The van der Waals surface area contributed by atoms with Gasteiger partial charge in [0.1, 0.15) is 4.90 Å². The van der Waals surface area contributed by atoms with Gasteiger partial charge in [0.15, 0.2) is 5.82 Å². The molecule has 0 radical (unpaired) electrons. The average molecular weight is 320 g/mol. The SMILES string of the molecule is O=C(O)c1cc(Cl)cc(S(=O)(=O)N2CC=CCC2)c1F. The van der Waals surface area contributed by atoms with Crippen LogP contribution in [-0.4, -0.2) is 36.9 Å². The Labute approximate surface area is 120 Å². The van der Waals surface area contributed by atoms with Gasteiger partial charge in [-0.05, 0) is 18.6 Å². The lowest BCUT2D eigenvalue weighted by atomic mass is 10.2. The van der Waals surface area contributed by atoms with Gasteiger partial charge in [-0.25, -0.2) is 17.6 Å². The number of carbonyl (C=O) groups is 1. The maximum atomic E-state index is 14.1. The summed E-state index contributed by atoms with van der Waals surface area (Å²) in [5, 5.41) is 8.73. The van der Waals surface area contributed by atoms with E-state index in [0.717, 1.165) is 16.4 Å². The zero-order valence-corrected chi connectivity index (χ0v) is 11.8. The molecule has 0 saturated carbocycles. The second-order valence-corrected chi connectivity index (χ2v) is 6.54. The van der Waals surface area contributed by atoms with E-state index in [1.54, 1.807) is 6.08 Å². The largest absolute Gasteiger partial charge is 0.478 e. The fraction of sp³-hybridized carbons (Fsp3) is 0.250. The summed E-state index contributed by atoms with van der Waals surface area (Å²) in [5.41, 5.74) is -0.761. The van der Waals surface area contributed by atoms with Gasteiger partial charge in [-0.3, -0.25) is 0 Å². The molecule has 1 N–H and O–H groups in total. The normalized spacial score (nSPS) is 16.3. The van der Waals surface area contributed by atoms with Crippen molar-refractivity contribution < 1.29 is 22.7 Å². The smallest absolute Gasteiger partial charge is 0.338 e. The Kier molecular flexibility index (Phi) is 4.12. The van der Waals surface area contributed by atoms with Crippen molar-refractivity contribution in [1.29, 1.82) is 0 Å². The second kappa shape index (κ2) is 5.51. The molecule has 1 aromatic rings. The molecule has 5 nitrogen and oxygen atoms in total. The van der Waals surface area contributed by atoms with E-state index in [1.807, 2.05) is 6.08 Å². The zero-order chi connectivity index (χ0) is 14.9. The topological polar surface area (TPSA) is 74.7 Å². The molecule has 1 aromatic carbocycles. The van der Waals surface area contributed by atoms with Crippen LogP contribution in [0.3, 0.4) is 0 Å². The summed E-state index contributed by atoms with van der Waals surface area (Å²) >= 11 is 5.68. The summed E-state index contributed by atoms with van der Waals surface area (Å²) < 4.78 is 39.8. The summed E-state index contributed by atoms with van der Waals surface area (Å²) in [7, 11) is -4.11. The Morgan fingerprint density at radius 2 is 2.05 bits per heavy atom. The van der Waals surface area contributed by atoms with E-state index in [4.69, 9.17) is 16.7 Å². The van der Waals surface area contributed by atoms with Crippen LogP contribution in [0.15, 0.2) is 29.2 Å². The maximum Gasteiger partial charge on any atom is 0.338 e. The van der Waals surface area contributed by atoms with Crippen LogP contribution in [0.2, 0.25) is 5.02 Å². The van der Waals surface area contributed by atoms with Gasteiger partial charge in [0.05, 0.1) is 5.56 Å². The minimum atomic E-state index is -4.11. The van der Waals surface area contributed by atoms with Crippen LogP contribution in [-0.2, 0) is 10.0 Å². The third-order valence-electron chi connectivity index (χ3n) is 2.87. The summed E-state index contributed by atoms with van der Waals surface area (Å²) in [6, 6.07) is 1.81. The van der Waals surface area contributed by atoms with Crippen molar-refractivity contribution in [3.63, 3.8) is 0 Å². The Hall–Kier alpha value is -1.44. The summed E-state index contributed by atoms with van der Waals surface area (Å²) in [4.78, 5) is 10.2. The molecule has 1 aliphatic rings. The molecule has 2 rings (SSSR count). The third-order valence-corrected chi connectivity index (χ3v) is 4.96. The van der Waals surface area contributed by atoms with Gasteiger partial charge in [-0.15, -0.1) is 0 Å². The number of rotatable bonds is 3. The van der Waals surface area contributed by atoms with Gasteiger partial charge in [0.2, 0.25) is 10.0 Å². The molecule has 0 atom stereocenters. The molecule has 0 aromatic heterocycles. The molecule has 8 heteroatoms. The van der Waals surface area contributed by atoms with Crippen molar-refractivity contribution in [3.05, 3.63) is 40.7 Å². The van der Waals surface area contributed by atoms with E-state index < -0.39 is 32.3 Å². The van der Waals surface area contributed by atoms with E-state index >= 15 is 0 Å². The lowest BCUT2D eigenvalue weighted by Crippen LogP contribution is -2.34. The van der Waals surface area contributed by atoms with E-state index in [9.17, 15) is 17.6 Å². The van der Waals surface area contributed by atoms with E-state index in [0.29, 0.717) is 6.42 Å². The van der Waals surface area contributed by atoms with E-state index in [-0.39, 0.29) is 18.1 Å². The highest BCUT2D eigenvalue weighted by Crippen LogP contribution is 2.27. The molecule has 108 valence electrons. The van der Waals surface area contributed by atoms with Gasteiger partial charge in [-0.1, -0.05) is 23.8 Å². The first-order chi connectivity index (χ1) is 9.34. The van der Waals surface area contributed by atoms with Crippen LogP contribution in [0.5, 0.6) is 0 Å². The van der Waals surface area contributed by atoms with Crippen LogP contribution in [0.1, 0.15) is 16.8 Å². The predicted molar refractivity (Wildman–Crippen MR) is 70.9 cm³/mol. The van der Waals surface area contributed by atoms with E-state index in [1.165, 1.54) is 0 Å². The minimum absolute atomic E-state index is 0.122. The number of aromatic carboxylic acids is 1. The van der Waals surface area contributed by atoms with Crippen molar-refractivity contribution >= 4 is 27.6 Å². The molecule has 0 aliphatic carbocycles. The quantitative estimate of drug-likeness (QED) is 0.866. The van der Waals surface area contributed by atoms with Crippen LogP contribution >= 0.6 is 11.6 Å². The lowest BCUT2D eigenvalue weighted by molar-refractivity contribution is 0.0691. The number of hydrogen-bond acceptors (Lipinski definition) is 3.